The topological polar surface area (TPSA) is 50.4 Å². The Morgan fingerprint density at radius 2 is 2.11 bits per heavy atom. The number of ether oxygens (including phenoxy) is 1. The van der Waals surface area contributed by atoms with E-state index < -0.39 is 0 Å². The molecule has 108 valence electrons. The molecule has 4 nitrogen and oxygen atoms in total. The van der Waals surface area contributed by atoms with Gasteiger partial charge in [-0.25, -0.2) is 4.79 Å². The molecule has 2 unspecified atom stereocenters. The van der Waals surface area contributed by atoms with Crippen LogP contribution in [-0.4, -0.2) is 41.8 Å². The summed E-state index contributed by atoms with van der Waals surface area (Å²) in [6.07, 6.45) is 5.32. The zero-order valence-electron chi connectivity index (χ0n) is 11.6. The van der Waals surface area contributed by atoms with Crippen LogP contribution < -0.4 is 10.6 Å². The highest BCUT2D eigenvalue weighted by Crippen LogP contribution is 2.38. The minimum Gasteiger partial charge on any atom is -0.374 e. The summed E-state index contributed by atoms with van der Waals surface area (Å²) in [5, 5.41) is 6.22. The second kappa shape index (κ2) is 5.52. The lowest BCUT2D eigenvalue weighted by Crippen LogP contribution is -2.54. The Morgan fingerprint density at radius 1 is 1.32 bits per heavy atom. The largest absolute Gasteiger partial charge is 0.374 e. The van der Waals surface area contributed by atoms with E-state index in [0.29, 0.717) is 6.04 Å². The molecule has 0 bridgehead atoms. The SMILES string of the molecule is CC1CC(NC(=O)NC2CCOC3(CCSC3)C2)C1. The summed E-state index contributed by atoms with van der Waals surface area (Å²) in [6, 6.07) is 0.695. The highest BCUT2D eigenvalue weighted by atomic mass is 32.2. The number of hydrogen-bond acceptors (Lipinski definition) is 3. The van der Waals surface area contributed by atoms with Gasteiger partial charge in [-0.15, -0.1) is 0 Å². The van der Waals surface area contributed by atoms with Crippen LogP contribution in [0.25, 0.3) is 0 Å². The summed E-state index contributed by atoms with van der Waals surface area (Å²) in [7, 11) is 0. The molecule has 3 aliphatic rings. The third-order valence-corrected chi connectivity index (χ3v) is 5.83. The van der Waals surface area contributed by atoms with E-state index in [9.17, 15) is 4.79 Å². The third-order valence-electron chi connectivity index (χ3n) is 4.60. The molecule has 1 aliphatic carbocycles. The van der Waals surface area contributed by atoms with E-state index in [1.807, 2.05) is 11.8 Å². The second-order valence-corrected chi connectivity index (χ2v) is 7.52. The number of carbonyl (C=O) groups is 1. The van der Waals surface area contributed by atoms with Gasteiger partial charge in [0.2, 0.25) is 0 Å². The van der Waals surface area contributed by atoms with Crippen molar-refractivity contribution < 1.29 is 9.53 Å². The lowest BCUT2D eigenvalue weighted by molar-refractivity contribution is -0.0685. The molecule has 2 N–H and O–H groups in total. The first-order chi connectivity index (χ1) is 9.15. The van der Waals surface area contributed by atoms with Crippen molar-refractivity contribution in [3.05, 3.63) is 0 Å². The van der Waals surface area contributed by atoms with Gasteiger partial charge in [0.25, 0.3) is 0 Å². The molecule has 3 fully saturated rings. The maximum absolute atomic E-state index is 12.0. The maximum atomic E-state index is 12.0. The number of hydrogen-bond donors (Lipinski definition) is 2. The first-order valence-electron chi connectivity index (χ1n) is 7.44. The quantitative estimate of drug-likeness (QED) is 0.817. The highest BCUT2D eigenvalue weighted by Gasteiger charge is 2.41. The Kier molecular flexibility index (Phi) is 3.94. The monoisotopic (exact) mass is 284 g/mol. The molecule has 1 spiro atoms. The number of thioether (sulfide) groups is 1. The van der Waals surface area contributed by atoms with E-state index in [0.717, 1.165) is 50.4 Å². The standard InChI is InChI=1S/C14H24N2O2S/c1-10-6-12(7-10)16-13(17)15-11-2-4-18-14(8-11)3-5-19-9-14/h10-12H,2-9H2,1H3,(H2,15,16,17). The Balaban J connectivity index is 1.45. The summed E-state index contributed by atoms with van der Waals surface area (Å²) >= 11 is 1.97. The van der Waals surface area contributed by atoms with Gasteiger partial charge in [0.1, 0.15) is 0 Å². The van der Waals surface area contributed by atoms with Crippen LogP contribution in [0.15, 0.2) is 0 Å². The summed E-state index contributed by atoms with van der Waals surface area (Å²) in [5.74, 6) is 3.05. The molecule has 2 aliphatic heterocycles. The molecule has 1 saturated carbocycles. The van der Waals surface area contributed by atoms with Gasteiger partial charge in [-0.3, -0.25) is 0 Å². The zero-order chi connectivity index (χ0) is 13.3. The highest BCUT2D eigenvalue weighted by molar-refractivity contribution is 7.99. The predicted molar refractivity (Wildman–Crippen MR) is 77.5 cm³/mol. The van der Waals surface area contributed by atoms with Crippen molar-refractivity contribution in [2.75, 3.05) is 18.1 Å². The van der Waals surface area contributed by atoms with Crippen LogP contribution in [0.1, 0.15) is 39.0 Å². The number of urea groups is 1. The van der Waals surface area contributed by atoms with Crippen LogP contribution in [-0.2, 0) is 4.74 Å². The van der Waals surface area contributed by atoms with Crippen LogP contribution in [0.3, 0.4) is 0 Å². The maximum Gasteiger partial charge on any atom is 0.315 e. The van der Waals surface area contributed by atoms with Crippen molar-refractivity contribution in [2.24, 2.45) is 5.92 Å². The van der Waals surface area contributed by atoms with Gasteiger partial charge in [0.05, 0.1) is 5.60 Å². The van der Waals surface area contributed by atoms with Crippen molar-refractivity contribution in [3.63, 3.8) is 0 Å². The van der Waals surface area contributed by atoms with Gasteiger partial charge in [0, 0.05) is 24.4 Å². The van der Waals surface area contributed by atoms with E-state index in [-0.39, 0.29) is 17.7 Å². The van der Waals surface area contributed by atoms with E-state index in [4.69, 9.17) is 4.74 Å². The molecule has 0 aromatic carbocycles. The molecule has 3 rings (SSSR count). The molecule has 19 heavy (non-hydrogen) atoms. The van der Waals surface area contributed by atoms with Gasteiger partial charge >= 0.3 is 6.03 Å². The van der Waals surface area contributed by atoms with Crippen molar-refractivity contribution in [3.8, 4) is 0 Å². The third kappa shape index (κ3) is 3.19. The number of amides is 2. The molecule has 0 aromatic rings. The molecule has 2 atom stereocenters. The van der Waals surface area contributed by atoms with E-state index >= 15 is 0 Å². The van der Waals surface area contributed by atoms with Gasteiger partial charge in [0.15, 0.2) is 0 Å². The van der Waals surface area contributed by atoms with E-state index in [2.05, 4.69) is 17.6 Å². The average molecular weight is 284 g/mol. The van der Waals surface area contributed by atoms with Gasteiger partial charge in [-0.2, -0.15) is 11.8 Å². The fraction of sp³-hybridized carbons (Fsp3) is 0.929. The Labute approximate surface area is 119 Å². The van der Waals surface area contributed by atoms with Crippen LogP contribution >= 0.6 is 11.8 Å². The van der Waals surface area contributed by atoms with Crippen molar-refractivity contribution in [2.45, 2.75) is 56.7 Å². The van der Waals surface area contributed by atoms with Gasteiger partial charge in [-0.1, -0.05) is 6.92 Å². The Bertz CT molecular complexity index is 338. The minimum absolute atomic E-state index is 0.0181. The normalized spacial score (nSPS) is 41.8. The van der Waals surface area contributed by atoms with Crippen molar-refractivity contribution in [1.82, 2.24) is 10.6 Å². The van der Waals surface area contributed by atoms with Crippen molar-refractivity contribution in [1.29, 1.82) is 0 Å². The van der Waals surface area contributed by atoms with Crippen molar-refractivity contribution >= 4 is 17.8 Å². The molecule has 2 amide bonds. The lowest BCUT2D eigenvalue weighted by atomic mass is 9.82. The summed E-state index contributed by atoms with van der Waals surface area (Å²) in [5.41, 5.74) is 0.0475. The smallest absolute Gasteiger partial charge is 0.315 e. The van der Waals surface area contributed by atoms with E-state index in [1.165, 1.54) is 5.75 Å². The molecule has 0 aromatic heterocycles. The fourth-order valence-electron chi connectivity index (χ4n) is 3.45. The van der Waals surface area contributed by atoms with E-state index in [1.54, 1.807) is 0 Å². The Hall–Kier alpha value is -0.420. The first-order valence-corrected chi connectivity index (χ1v) is 8.59. The molecular formula is C14H24N2O2S. The molecule has 2 saturated heterocycles. The average Bonchev–Trinajstić information content (AvgIpc) is 2.75. The molecule has 0 radical (unpaired) electrons. The molecule has 5 heteroatoms. The Morgan fingerprint density at radius 3 is 2.79 bits per heavy atom. The summed E-state index contributed by atoms with van der Waals surface area (Å²) < 4.78 is 5.97. The second-order valence-electron chi connectivity index (χ2n) is 6.42. The van der Waals surface area contributed by atoms with Crippen LogP contribution in [0, 0.1) is 5.92 Å². The minimum atomic E-state index is 0.0181. The summed E-state index contributed by atoms with van der Waals surface area (Å²) in [4.78, 5) is 12.0. The van der Waals surface area contributed by atoms with Crippen LogP contribution in [0.4, 0.5) is 4.79 Å². The van der Waals surface area contributed by atoms with Crippen LogP contribution in [0.2, 0.25) is 0 Å². The first kappa shape index (κ1) is 13.6. The number of nitrogens with one attached hydrogen (secondary N) is 2. The zero-order valence-corrected chi connectivity index (χ0v) is 12.4. The number of rotatable bonds is 2. The number of carbonyl (C=O) groups excluding carboxylic acids is 1. The predicted octanol–water partition coefficient (Wildman–Crippen LogP) is 2.14. The van der Waals surface area contributed by atoms with Gasteiger partial charge in [-0.05, 0) is 43.8 Å². The molecule has 2 heterocycles. The fourth-order valence-corrected chi connectivity index (χ4v) is 4.83. The van der Waals surface area contributed by atoms with Crippen LogP contribution in [0.5, 0.6) is 0 Å². The van der Waals surface area contributed by atoms with Gasteiger partial charge < -0.3 is 15.4 Å². The lowest BCUT2D eigenvalue weighted by Gasteiger charge is -2.39. The summed E-state index contributed by atoms with van der Waals surface area (Å²) in [6.45, 7) is 3.02. The molecular weight excluding hydrogens is 260 g/mol.